The Labute approximate surface area is 127 Å². The van der Waals surface area contributed by atoms with Crippen LogP contribution in [0.5, 0.6) is 0 Å². The molecule has 0 saturated carbocycles. The molecule has 1 N–H and O–H groups in total. The van der Waals surface area contributed by atoms with Crippen LogP contribution in [0.1, 0.15) is 20.8 Å². The minimum absolute atomic E-state index is 0.0348. The van der Waals surface area contributed by atoms with Gasteiger partial charge in [-0.05, 0) is 36.1 Å². The lowest BCUT2D eigenvalue weighted by atomic mass is 10.1. The third-order valence-electron chi connectivity index (χ3n) is 2.99. The summed E-state index contributed by atoms with van der Waals surface area (Å²) >= 11 is 11.0. The van der Waals surface area contributed by atoms with Crippen LogP contribution < -0.4 is 0 Å². The van der Waals surface area contributed by atoms with Crippen LogP contribution in [0.4, 0.5) is 0 Å². The van der Waals surface area contributed by atoms with Crippen LogP contribution in [-0.2, 0) is 0 Å². The molecule has 0 spiro atoms. The monoisotopic (exact) mass is 353 g/mol. The second-order valence-corrected chi connectivity index (χ2v) is 6.46. The highest BCUT2D eigenvalue weighted by molar-refractivity contribution is 9.10. The molecule has 0 aliphatic rings. The van der Waals surface area contributed by atoms with Crippen molar-refractivity contribution in [3.8, 4) is 0 Å². The Bertz CT molecular complexity index is 790. The van der Waals surface area contributed by atoms with Crippen molar-refractivity contribution in [1.82, 2.24) is 4.98 Å². The second kappa shape index (κ2) is 4.78. The van der Waals surface area contributed by atoms with Crippen LogP contribution >= 0.6 is 38.9 Å². The number of fused-ring (bicyclic) bond motifs is 1. The van der Waals surface area contributed by atoms with Gasteiger partial charge in [-0.1, -0.05) is 27.5 Å². The van der Waals surface area contributed by atoms with E-state index in [1.165, 1.54) is 11.3 Å². The predicted molar refractivity (Wildman–Crippen MR) is 83.5 cm³/mol. The molecule has 0 amide bonds. The Kier molecular flexibility index (Phi) is 3.25. The molecule has 0 aliphatic heterocycles. The molecule has 0 saturated heterocycles. The van der Waals surface area contributed by atoms with E-state index >= 15 is 0 Å². The summed E-state index contributed by atoms with van der Waals surface area (Å²) in [5.74, 6) is -0.0348. The van der Waals surface area contributed by atoms with Gasteiger partial charge in [-0.2, -0.15) is 0 Å². The van der Waals surface area contributed by atoms with E-state index in [1.807, 2.05) is 30.5 Å². The van der Waals surface area contributed by atoms with E-state index in [4.69, 9.17) is 11.6 Å². The summed E-state index contributed by atoms with van der Waals surface area (Å²) in [6.07, 6.45) is 1.74. The SMILES string of the molecule is Cc1csc(C(=O)c2c[nH]c3ccc(Br)cc23)c1Cl. The summed E-state index contributed by atoms with van der Waals surface area (Å²) < 4.78 is 0.946. The Morgan fingerprint density at radius 3 is 2.89 bits per heavy atom. The van der Waals surface area contributed by atoms with E-state index in [0.717, 1.165) is 20.9 Å². The van der Waals surface area contributed by atoms with Gasteiger partial charge in [-0.15, -0.1) is 11.3 Å². The topological polar surface area (TPSA) is 32.9 Å². The van der Waals surface area contributed by atoms with Crippen molar-refractivity contribution in [1.29, 1.82) is 0 Å². The first kappa shape index (κ1) is 12.9. The average Bonchev–Trinajstić information content (AvgIpc) is 2.94. The first-order valence-corrected chi connectivity index (χ1v) is 7.68. The highest BCUT2D eigenvalue weighted by Crippen LogP contribution is 2.32. The Morgan fingerprint density at radius 1 is 1.42 bits per heavy atom. The fraction of sp³-hybridized carbons (Fsp3) is 0.0714. The highest BCUT2D eigenvalue weighted by atomic mass is 79.9. The molecule has 5 heteroatoms. The normalized spacial score (nSPS) is 11.1. The Morgan fingerprint density at radius 2 is 2.21 bits per heavy atom. The number of hydrogen-bond acceptors (Lipinski definition) is 2. The molecule has 0 bridgehead atoms. The minimum atomic E-state index is -0.0348. The van der Waals surface area contributed by atoms with Crippen LogP contribution in [0.25, 0.3) is 10.9 Å². The molecular weight excluding hydrogens is 346 g/mol. The molecule has 3 aromatic rings. The third-order valence-corrected chi connectivity index (χ3v) is 5.18. The van der Waals surface area contributed by atoms with Crippen LogP contribution in [-0.4, -0.2) is 10.8 Å². The zero-order chi connectivity index (χ0) is 13.6. The van der Waals surface area contributed by atoms with Crippen LogP contribution in [0.2, 0.25) is 5.02 Å². The maximum Gasteiger partial charge on any atom is 0.206 e. The Hall–Kier alpha value is -1.10. The van der Waals surface area contributed by atoms with Crippen molar-refractivity contribution in [2.45, 2.75) is 6.92 Å². The maximum atomic E-state index is 12.6. The van der Waals surface area contributed by atoms with Crippen molar-refractivity contribution in [2.75, 3.05) is 0 Å². The number of carbonyl (C=O) groups is 1. The van der Waals surface area contributed by atoms with Crippen molar-refractivity contribution >= 4 is 55.6 Å². The molecule has 19 heavy (non-hydrogen) atoms. The summed E-state index contributed by atoms with van der Waals surface area (Å²) in [4.78, 5) is 16.3. The van der Waals surface area contributed by atoms with Gasteiger partial charge >= 0.3 is 0 Å². The van der Waals surface area contributed by atoms with Crippen LogP contribution in [0.3, 0.4) is 0 Å². The summed E-state index contributed by atoms with van der Waals surface area (Å²) in [6, 6.07) is 5.82. The van der Waals surface area contributed by atoms with Gasteiger partial charge < -0.3 is 4.98 Å². The van der Waals surface area contributed by atoms with Crippen LogP contribution in [0.15, 0.2) is 34.2 Å². The molecule has 2 nitrogen and oxygen atoms in total. The summed E-state index contributed by atoms with van der Waals surface area (Å²) in [5.41, 5.74) is 2.53. The quantitative estimate of drug-likeness (QED) is 0.632. The maximum absolute atomic E-state index is 12.6. The number of aromatic nitrogens is 1. The fourth-order valence-electron chi connectivity index (χ4n) is 1.99. The lowest BCUT2D eigenvalue weighted by molar-refractivity contribution is 0.104. The van der Waals surface area contributed by atoms with Gasteiger partial charge in [0.05, 0.1) is 9.90 Å². The minimum Gasteiger partial charge on any atom is -0.360 e. The van der Waals surface area contributed by atoms with Gasteiger partial charge in [-0.3, -0.25) is 4.79 Å². The average molecular weight is 355 g/mol. The van der Waals surface area contributed by atoms with E-state index < -0.39 is 0 Å². The second-order valence-electron chi connectivity index (χ2n) is 4.28. The predicted octanol–water partition coefficient (Wildman–Crippen LogP) is 5.18. The van der Waals surface area contributed by atoms with E-state index in [1.54, 1.807) is 6.20 Å². The van der Waals surface area contributed by atoms with Gasteiger partial charge in [0, 0.05) is 27.1 Å². The van der Waals surface area contributed by atoms with Gasteiger partial charge in [0.1, 0.15) is 0 Å². The number of nitrogens with one attached hydrogen (secondary N) is 1. The van der Waals surface area contributed by atoms with Crippen molar-refractivity contribution in [3.05, 3.63) is 55.3 Å². The molecular formula is C14H9BrClNOS. The number of ketones is 1. The highest BCUT2D eigenvalue weighted by Gasteiger charge is 2.19. The molecule has 0 atom stereocenters. The zero-order valence-electron chi connectivity index (χ0n) is 9.96. The lowest BCUT2D eigenvalue weighted by Gasteiger charge is -1.98. The number of benzene rings is 1. The smallest absolute Gasteiger partial charge is 0.206 e. The fourth-order valence-corrected chi connectivity index (χ4v) is 3.58. The van der Waals surface area contributed by atoms with Crippen molar-refractivity contribution < 1.29 is 4.79 Å². The number of carbonyl (C=O) groups excluding carboxylic acids is 1. The largest absolute Gasteiger partial charge is 0.360 e. The summed E-state index contributed by atoms with van der Waals surface area (Å²) in [5, 5.41) is 3.36. The number of H-pyrrole nitrogens is 1. The molecule has 0 aliphatic carbocycles. The number of aryl methyl sites for hydroxylation is 1. The van der Waals surface area contributed by atoms with Crippen LogP contribution in [0, 0.1) is 6.92 Å². The molecule has 1 aromatic carbocycles. The number of thiophene rings is 1. The molecule has 0 unspecified atom stereocenters. The lowest BCUT2D eigenvalue weighted by Crippen LogP contribution is -1.98. The number of rotatable bonds is 2. The van der Waals surface area contributed by atoms with E-state index in [2.05, 4.69) is 20.9 Å². The van der Waals surface area contributed by atoms with Gasteiger partial charge in [0.2, 0.25) is 5.78 Å². The molecule has 96 valence electrons. The summed E-state index contributed by atoms with van der Waals surface area (Å²) in [6.45, 7) is 1.90. The van der Waals surface area contributed by atoms with Crippen molar-refractivity contribution in [2.24, 2.45) is 0 Å². The molecule has 0 fully saturated rings. The summed E-state index contributed by atoms with van der Waals surface area (Å²) in [7, 11) is 0. The zero-order valence-corrected chi connectivity index (χ0v) is 13.1. The first-order chi connectivity index (χ1) is 9.08. The standard InChI is InChI=1S/C14H9BrClNOS/c1-7-6-19-14(12(7)16)13(18)10-5-17-11-3-2-8(15)4-9(10)11/h2-6,17H,1H3. The number of halogens is 2. The molecule has 3 rings (SSSR count). The number of aromatic amines is 1. The van der Waals surface area contributed by atoms with E-state index in [0.29, 0.717) is 15.5 Å². The van der Waals surface area contributed by atoms with Gasteiger partial charge in [-0.25, -0.2) is 0 Å². The van der Waals surface area contributed by atoms with E-state index in [-0.39, 0.29) is 5.78 Å². The molecule has 2 heterocycles. The molecule has 2 aromatic heterocycles. The number of hydrogen-bond donors (Lipinski definition) is 1. The third kappa shape index (κ3) is 2.14. The van der Waals surface area contributed by atoms with Gasteiger partial charge in [0.25, 0.3) is 0 Å². The van der Waals surface area contributed by atoms with Crippen molar-refractivity contribution in [3.63, 3.8) is 0 Å². The first-order valence-electron chi connectivity index (χ1n) is 5.63. The Balaban J connectivity index is 2.17. The molecule has 0 radical (unpaired) electrons. The van der Waals surface area contributed by atoms with E-state index in [9.17, 15) is 4.79 Å². The van der Waals surface area contributed by atoms with Gasteiger partial charge in [0.15, 0.2) is 0 Å².